The smallest absolute Gasteiger partial charge is 0.361 e. The summed E-state index contributed by atoms with van der Waals surface area (Å²) in [5, 5.41) is 8.00. The van der Waals surface area contributed by atoms with Crippen molar-refractivity contribution in [2.75, 3.05) is 12.0 Å². The molecule has 8 heteroatoms. The molecule has 2 heterocycles. The lowest BCUT2D eigenvalue weighted by Gasteiger charge is -2.41. The lowest BCUT2D eigenvalue weighted by atomic mass is 9.85. The van der Waals surface area contributed by atoms with E-state index < -0.39 is 16.8 Å². The molecule has 0 saturated carbocycles. The molecular weight excluding hydrogens is 400 g/mol. The van der Waals surface area contributed by atoms with Gasteiger partial charge in [-0.05, 0) is 31.5 Å². The molecule has 1 aromatic heterocycles. The number of thioether (sulfide) groups is 1. The van der Waals surface area contributed by atoms with Gasteiger partial charge < -0.3 is 4.74 Å². The highest BCUT2D eigenvalue weighted by Crippen LogP contribution is 2.43. The number of rotatable bonds is 5. The molecule has 1 aliphatic rings. The molecule has 30 heavy (non-hydrogen) atoms. The molecule has 0 bridgehead atoms. The number of hydrogen-bond acceptors (Lipinski definition) is 7. The SMILES string of the molecule is CCOC(=O)c1nnn2c1S[C@H](C(=O)c1ccccc1)[C@@](C)(c1ccc(C)cc1)N2. The number of nitrogens with zero attached hydrogens (tertiary/aromatic N) is 3. The summed E-state index contributed by atoms with van der Waals surface area (Å²) in [5.74, 6) is -0.601. The second-order valence-electron chi connectivity index (χ2n) is 7.28. The van der Waals surface area contributed by atoms with Crippen molar-refractivity contribution < 1.29 is 14.3 Å². The van der Waals surface area contributed by atoms with E-state index in [2.05, 4.69) is 15.7 Å². The van der Waals surface area contributed by atoms with Crippen LogP contribution in [0.2, 0.25) is 0 Å². The Labute approximate surface area is 178 Å². The minimum Gasteiger partial charge on any atom is -0.461 e. The number of ketones is 1. The van der Waals surface area contributed by atoms with E-state index >= 15 is 0 Å². The average molecular weight is 423 g/mol. The lowest BCUT2D eigenvalue weighted by molar-refractivity contribution is 0.0514. The zero-order valence-electron chi connectivity index (χ0n) is 17.0. The van der Waals surface area contributed by atoms with Crippen molar-refractivity contribution in [2.24, 2.45) is 0 Å². The molecule has 2 atom stereocenters. The van der Waals surface area contributed by atoms with Crippen LogP contribution in [0, 0.1) is 6.92 Å². The Balaban J connectivity index is 1.81. The van der Waals surface area contributed by atoms with E-state index in [1.54, 1.807) is 19.1 Å². The molecule has 1 aliphatic heterocycles. The third kappa shape index (κ3) is 3.47. The van der Waals surface area contributed by atoms with Gasteiger partial charge in [-0.2, -0.15) is 4.79 Å². The molecule has 154 valence electrons. The number of benzene rings is 2. The second kappa shape index (κ2) is 7.95. The van der Waals surface area contributed by atoms with Crippen LogP contribution in [0.1, 0.15) is 45.8 Å². The largest absolute Gasteiger partial charge is 0.461 e. The van der Waals surface area contributed by atoms with Crippen LogP contribution >= 0.6 is 11.8 Å². The Kier molecular flexibility index (Phi) is 5.34. The number of hydrogen-bond donors (Lipinski definition) is 1. The molecule has 0 unspecified atom stereocenters. The Morgan fingerprint density at radius 2 is 1.87 bits per heavy atom. The first-order valence-electron chi connectivity index (χ1n) is 9.68. The number of ether oxygens (including phenoxy) is 1. The van der Waals surface area contributed by atoms with E-state index in [1.807, 2.05) is 56.3 Å². The molecule has 7 nitrogen and oxygen atoms in total. The fourth-order valence-electron chi connectivity index (χ4n) is 3.47. The number of fused-ring (bicyclic) bond motifs is 1. The number of aryl methyl sites for hydroxylation is 1. The molecule has 0 fully saturated rings. The maximum Gasteiger partial charge on any atom is 0.361 e. The fraction of sp³-hybridized carbons (Fsp3) is 0.273. The van der Waals surface area contributed by atoms with Crippen LogP contribution in [-0.2, 0) is 10.3 Å². The van der Waals surface area contributed by atoms with Gasteiger partial charge in [0.15, 0.2) is 10.8 Å². The molecule has 4 rings (SSSR count). The van der Waals surface area contributed by atoms with Crippen LogP contribution in [0.5, 0.6) is 0 Å². The standard InChI is InChI=1S/C22H22N4O3S/c1-4-29-21(28)17-20-26(25-23-17)24-22(3,16-12-10-14(2)11-13-16)19(30-20)18(27)15-8-6-5-7-9-15/h5-13,19,24H,4H2,1-3H3/t19-,22-/m1/s1. The quantitative estimate of drug-likeness (QED) is 0.497. The maximum absolute atomic E-state index is 13.6. The molecule has 0 radical (unpaired) electrons. The van der Waals surface area contributed by atoms with Gasteiger partial charge in [0.2, 0.25) is 5.69 Å². The Bertz CT molecular complexity index is 1080. The zero-order chi connectivity index (χ0) is 21.3. The summed E-state index contributed by atoms with van der Waals surface area (Å²) in [7, 11) is 0. The zero-order valence-corrected chi connectivity index (χ0v) is 17.8. The highest BCUT2D eigenvalue weighted by molar-refractivity contribution is 8.00. The monoisotopic (exact) mass is 422 g/mol. The summed E-state index contributed by atoms with van der Waals surface area (Å²) in [6, 6.07) is 17.2. The molecular formula is C22H22N4O3S. The van der Waals surface area contributed by atoms with Crippen molar-refractivity contribution >= 4 is 23.5 Å². The topological polar surface area (TPSA) is 86.1 Å². The van der Waals surface area contributed by atoms with Crippen molar-refractivity contribution in [3.05, 3.63) is 77.0 Å². The van der Waals surface area contributed by atoms with Gasteiger partial charge >= 0.3 is 5.97 Å². The Morgan fingerprint density at radius 1 is 1.17 bits per heavy atom. The second-order valence-corrected chi connectivity index (χ2v) is 8.38. The molecule has 1 N–H and O–H groups in total. The van der Waals surface area contributed by atoms with E-state index in [9.17, 15) is 9.59 Å². The number of carbonyl (C=O) groups excluding carboxylic acids is 2. The number of esters is 1. The highest BCUT2D eigenvalue weighted by Gasteiger charge is 2.47. The average Bonchev–Trinajstić information content (AvgIpc) is 3.16. The van der Waals surface area contributed by atoms with Gasteiger partial charge in [-0.25, -0.2) is 4.79 Å². The van der Waals surface area contributed by atoms with E-state index in [0.717, 1.165) is 11.1 Å². The van der Waals surface area contributed by atoms with Gasteiger partial charge in [-0.1, -0.05) is 71.9 Å². The van der Waals surface area contributed by atoms with Crippen molar-refractivity contribution in [1.82, 2.24) is 15.1 Å². The third-order valence-corrected chi connectivity index (χ3v) is 6.65. The maximum atomic E-state index is 13.6. The third-order valence-electron chi connectivity index (χ3n) is 5.14. The lowest BCUT2D eigenvalue weighted by Crippen LogP contribution is -2.53. The van der Waals surface area contributed by atoms with E-state index in [0.29, 0.717) is 10.6 Å². The normalized spacial score (nSPS) is 20.2. The molecule has 0 spiro atoms. The van der Waals surface area contributed by atoms with Crippen molar-refractivity contribution in [3.8, 4) is 0 Å². The first-order valence-corrected chi connectivity index (χ1v) is 10.6. The Morgan fingerprint density at radius 3 is 2.53 bits per heavy atom. The predicted octanol–water partition coefficient (Wildman–Crippen LogP) is 3.58. The predicted molar refractivity (Wildman–Crippen MR) is 114 cm³/mol. The van der Waals surface area contributed by atoms with Crippen LogP contribution < -0.4 is 5.43 Å². The van der Waals surface area contributed by atoms with Gasteiger partial charge in [-0.3, -0.25) is 10.2 Å². The molecule has 0 saturated heterocycles. The van der Waals surface area contributed by atoms with Crippen molar-refractivity contribution in [3.63, 3.8) is 0 Å². The number of carbonyl (C=O) groups is 2. The van der Waals surface area contributed by atoms with Crippen LogP contribution in [-0.4, -0.2) is 38.7 Å². The summed E-state index contributed by atoms with van der Waals surface area (Å²) in [5.41, 5.74) is 5.32. The van der Waals surface area contributed by atoms with Crippen LogP contribution in [0.3, 0.4) is 0 Å². The number of nitrogens with one attached hydrogen (secondary N) is 1. The summed E-state index contributed by atoms with van der Waals surface area (Å²) < 4.78 is 5.10. The minimum absolute atomic E-state index is 0.0431. The number of aromatic nitrogens is 3. The van der Waals surface area contributed by atoms with Gasteiger partial charge in [0.25, 0.3) is 0 Å². The van der Waals surface area contributed by atoms with E-state index in [-0.39, 0.29) is 18.1 Å². The summed E-state index contributed by atoms with van der Waals surface area (Å²) in [6.45, 7) is 5.94. The molecule has 2 aromatic carbocycles. The van der Waals surface area contributed by atoms with E-state index in [1.165, 1.54) is 16.6 Å². The van der Waals surface area contributed by atoms with Gasteiger partial charge in [0.05, 0.1) is 12.1 Å². The summed E-state index contributed by atoms with van der Waals surface area (Å²) >= 11 is 1.28. The highest BCUT2D eigenvalue weighted by atomic mass is 32.2. The van der Waals surface area contributed by atoms with Crippen molar-refractivity contribution in [2.45, 2.75) is 36.6 Å². The summed E-state index contributed by atoms with van der Waals surface area (Å²) in [6.07, 6.45) is 0. The first kappa shape index (κ1) is 20.2. The Hall–Kier alpha value is -3.13. The molecule has 3 aromatic rings. The van der Waals surface area contributed by atoms with Crippen molar-refractivity contribution in [1.29, 1.82) is 0 Å². The fourth-order valence-corrected chi connectivity index (χ4v) is 4.78. The van der Waals surface area contributed by atoms with Crippen LogP contribution in [0.25, 0.3) is 0 Å². The molecule has 0 amide bonds. The van der Waals surface area contributed by atoms with Gasteiger partial charge in [0.1, 0.15) is 5.25 Å². The number of Topliss-reactive ketones (excluding diaryl/α,β-unsaturated/α-hetero) is 1. The summed E-state index contributed by atoms with van der Waals surface area (Å²) in [4.78, 5) is 27.4. The van der Waals surface area contributed by atoms with E-state index in [4.69, 9.17) is 4.74 Å². The molecule has 0 aliphatic carbocycles. The van der Waals surface area contributed by atoms with Crippen LogP contribution in [0.15, 0.2) is 59.6 Å². The van der Waals surface area contributed by atoms with Gasteiger partial charge in [-0.15, -0.1) is 5.10 Å². The minimum atomic E-state index is -0.780. The first-order chi connectivity index (χ1) is 14.4. The van der Waals surface area contributed by atoms with Crippen LogP contribution in [0.4, 0.5) is 0 Å². The van der Waals surface area contributed by atoms with Gasteiger partial charge in [0, 0.05) is 5.56 Å².